The number of aryl methyl sites for hydroxylation is 4. The van der Waals surface area contributed by atoms with Gasteiger partial charge in [-0.05, 0) is 61.1 Å². The Morgan fingerprint density at radius 2 is 1.30 bits per heavy atom. The third-order valence-corrected chi connectivity index (χ3v) is 4.77. The van der Waals surface area contributed by atoms with Crippen molar-refractivity contribution in [1.82, 2.24) is 9.55 Å². The van der Waals surface area contributed by atoms with E-state index in [9.17, 15) is 0 Å². The van der Waals surface area contributed by atoms with Crippen molar-refractivity contribution in [2.45, 2.75) is 40.7 Å². The maximum absolute atomic E-state index is 4.40. The van der Waals surface area contributed by atoms with Crippen LogP contribution in [0.15, 0.2) is 48.9 Å². The predicted octanol–water partition coefficient (Wildman–Crippen LogP) is 4.76. The molecule has 0 saturated heterocycles. The molecule has 0 radical (unpaired) electrons. The van der Waals surface area contributed by atoms with Crippen LogP contribution in [0.25, 0.3) is 0 Å². The van der Waals surface area contributed by atoms with E-state index in [-0.39, 0.29) is 0 Å². The first-order valence-electron chi connectivity index (χ1n) is 8.15. The third kappa shape index (κ3) is 3.21. The van der Waals surface area contributed by atoms with Crippen LogP contribution in [-0.2, 0) is 13.0 Å². The van der Waals surface area contributed by atoms with Gasteiger partial charge in [-0.15, -0.1) is 0 Å². The van der Waals surface area contributed by atoms with Crippen LogP contribution in [0.3, 0.4) is 0 Å². The summed E-state index contributed by atoms with van der Waals surface area (Å²) >= 11 is 0. The Kier molecular flexibility index (Phi) is 4.33. The zero-order valence-electron chi connectivity index (χ0n) is 14.4. The van der Waals surface area contributed by atoms with E-state index in [1.165, 1.54) is 39.1 Å². The first-order valence-corrected chi connectivity index (χ1v) is 8.15. The summed E-state index contributed by atoms with van der Waals surface area (Å²) in [4.78, 5) is 4.40. The van der Waals surface area contributed by atoms with Crippen LogP contribution in [-0.4, -0.2) is 9.55 Å². The van der Waals surface area contributed by atoms with Crippen LogP contribution in [0.2, 0.25) is 0 Å². The molecule has 3 aromatic rings. The molecule has 0 aliphatic carbocycles. The molecular formula is C21H24N2. The summed E-state index contributed by atoms with van der Waals surface area (Å²) < 4.78 is 2.28. The van der Waals surface area contributed by atoms with Crippen LogP contribution < -0.4 is 0 Å². The van der Waals surface area contributed by atoms with Crippen molar-refractivity contribution in [3.8, 4) is 0 Å². The van der Waals surface area contributed by atoms with Crippen molar-refractivity contribution in [3.63, 3.8) is 0 Å². The van der Waals surface area contributed by atoms with Crippen LogP contribution in [0, 0.1) is 27.7 Å². The summed E-state index contributed by atoms with van der Waals surface area (Å²) in [6.07, 6.45) is 4.89. The standard InChI is InChI=1S/C21H24N2/c1-15-7-5-8-16(2)20(15)11-19-12-22-14-23(19)13-21-17(3)9-6-10-18(21)4/h5-10,12,14H,11,13H2,1-4H3. The Balaban J connectivity index is 1.92. The van der Waals surface area contributed by atoms with Gasteiger partial charge in [0.05, 0.1) is 6.33 Å². The van der Waals surface area contributed by atoms with Crippen molar-refractivity contribution in [2.24, 2.45) is 0 Å². The zero-order valence-corrected chi connectivity index (χ0v) is 14.4. The maximum atomic E-state index is 4.40. The monoisotopic (exact) mass is 304 g/mol. The summed E-state index contributed by atoms with van der Waals surface area (Å²) in [5.74, 6) is 0. The van der Waals surface area contributed by atoms with Gasteiger partial charge in [-0.3, -0.25) is 0 Å². The summed E-state index contributed by atoms with van der Waals surface area (Å²) in [5, 5.41) is 0. The molecule has 2 nitrogen and oxygen atoms in total. The molecule has 0 fully saturated rings. The molecule has 23 heavy (non-hydrogen) atoms. The highest BCUT2D eigenvalue weighted by Crippen LogP contribution is 2.20. The molecule has 0 atom stereocenters. The molecule has 0 unspecified atom stereocenters. The minimum atomic E-state index is 0.888. The Bertz CT molecular complexity index is 719. The molecular weight excluding hydrogens is 280 g/mol. The van der Waals surface area contributed by atoms with E-state index >= 15 is 0 Å². The molecule has 0 aliphatic heterocycles. The van der Waals surface area contributed by atoms with Crippen molar-refractivity contribution >= 4 is 0 Å². The molecule has 0 spiro atoms. The SMILES string of the molecule is Cc1cccc(C)c1Cc1cncn1Cc1c(C)cccc1C. The first kappa shape index (κ1) is 15.5. The number of rotatable bonds is 4. The Labute approximate surface area is 138 Å². The van der Waals surface area contributed by atoms with Gasteiger partial charge >= 0.3 is 0 Å². The molecule has 2 aromatic carbocycles. The lowest BCUT2D eigenvalue weighted by molar-refractivity contribution is 0.744. The highest BCUT2D eigenvalue weighted by Gasteiger charge is 2.10. The van der Waals surface area contributed by atoms with E-state index in [1.54, 1.807) is 0 Å². The number of hydrogen-bond acceptors (Lipinski definition) is 1. The van der Waals surface area contributed by atoms with Crippen LogP contribution in [0.1, 0.15) is 39.1 Å². The molecule has 0 saturated carbocycles. The molecule has 118 valence electrons. The van der Waals surface area contributed by atoms with Gasteiger partial charge in [-0.2, -0.15) is 0 Å². The largest absolute Gasteiger partial charge is 0.330 e. The highest BCUT2D eigenvalue weighted by molar-refractivity contribution is 5.37. The fourth-order valence-corrected chi connectivity index (χ4v) is 3.22. The van der Waals surface area contributed by atoms with E-state index in [0.29, 0.717) is 0 Å². The molecule has 0 amide bonds. The van der Waals surface area contributed by atoms with Gasteiger partial charge in [0, 0.05) is 24.9 Å². The van der Waals surface area contributed by atoms with Crippen molar-refractivity contribution in [2.75, 3.05) is 0 Å². The third-order valence-electron chi connectivity index (χ3n) is 4.77. The van der Waals surface area contributed by atoms with Gasteiger partial charge < -0.3 is 4.57 Å². The number of hydrogen-bond donors (Lipinski definition) is 0. The highest BCUT2D eigenvalue weighted by atomic mass is 15.0. The zero-order chi connectivity index (χ0) is 16.4. The summed E-state index contributed by atoms with van der Waals surface area (Å²) in [6, 6.07) is 13.0. The average Bonchev–Trinajstić information content (AvgIpc) is 2.94. The van der Waals surface area contributed by atoms with Gasteiger partial charge in [-0.25, -0.2) is 4.98 Å². The second kappa shape index (κ2) is 6.41. The minimum absolute atomic E-state index is 0.888. The second-order valence-corrected chi connectivity index (χ2v) is 6.43. The predicted molar refractivity (Wildman–Crippen MR) is 96.0 cm³/mol. The second-order valence-electron chi connectivity index (χ2n) is 6.43. The Morgan fingerprint density at radius 3 is 1.87 bits per heavy atom. The molecule has 2 heteroatoms. The normalized spacial score (nSPS) is 11.0. The topological polar surface area (TPSA) is 17.8 Å². The molecule has 0 N–H and O–H groups in total. The summed E-state index contributed by atoms with van der Waals surface area (Å²) in [7, 11) is 0. The Morgan fingerprint density at radius 1 is 0.783 bits per heavy atom. The fraction of sp³-hybridized carbons (Fsp3) is 0.286. The lowest BCUT2D eigenvalue weighted by Gasteiger charge is -2.15. The van der Waals surface area contributed by atoms with Gasteiger partial charge in [0.1, 0.15) is 0 Å². The summed E-state index contributed by atoms with van der Waals surface area (Å²) in [6.45, 7) is 9.64. The van der Waals surface area contributed by atoms with Gasteiger partial charge in [0.15, 0.2) is 0 Å². The van der Waals surface area contributed by atoms with Crippen LogP contribution >= 0.6 is 0 Å². The molecule has 1 heterocycles. The van der Waals surface area contributed by atoms with Gasteiger partial charge in [0.2, 0.25) is 0 Å². The molecule has 0 aliphatic rings. The Hall–Kier alpha value is -2.35. The number of aromatic nitrogens is 2. The lowest BCUT2D eigenvalue weighted by Crippen LogP contribution is -2.07. The van der Waals surface area contributed by atoms with Gasteiger partial charge in [-0.1, -0.05) is 36.4 Å². The lowest BCUT2D eigenvalue weighted by atomic mass is 9.98. The van der Waals surface area contributed by atoms with E-state index in [4.69, 9.17) is 0 Å². The van der Waals surface area contributed by atoms with E-state index in [1.807, 2.05) is 12.5 Å². The van der Waals surface area contributed by atoms with Crippen molar-refractivity contribution in [3.05, 3.63) is 88.0 Å². The molecule has 1 aromatic heterocycles. The van der Waals surface area contributed by atoms with Crippen molar-refractivity contribution in [1.29, 1.82) is 0 Å². The maximum Gasteiger partial charge on any atom is 0.0951 e. The van der Waals surface area contributed by atoms with Gasteiger partial charge in [0.25, 0.3) is 0 Å². The smallest absolute Gasteiger partial charge is 0.0951 e. The van der Waals surface area contributed by atoms with E-state index < -0.39 is 0 Å². The van der Waals surface area contributed by atoms with E-state index in [2.05, 4.69) is 73.6 Å². The first-order chi connectivity index (χ1) is 11.1. The van der Waals surface area contributed by atoms with E-state index in [0.717, 1.165) is 13.0 Å². The number of imidazole rings is 1. The van der Waals surface area contributed by atoms with Crippen LogP contribution in [0.4, 0.5) is 0 Å². The quantitative estimate of drug-likeness (QED) is 0.680. The fourth-order valence-electron chi connectivity index (χ4n) is 3.22. The van der Waals surface area contributed by atoms with Crippen LogP contribution in [0.5, 0.6) is 0 Å². The summed E-state index contributed by atoms with van der Waals surface area (Å²) in [5.41, 5.74) is 9.47. The molecule has 3 rings (SSSR count). The average molecular weight is 304 g/mol. The number of nitrogens with zero attached hydrogens (tertiary/aromatic N) is 2. The number of benzene rings is 2. The molecule has 0 bridgehead atoms. The minimum Gasteiger partial charge on any atom is -0.330 e. The van der Waals surface area contributed by atoms with Crippen molar-refractivity contribution < 1.29 is 0 Å².